The average molecular weight is 308 g/mol. The number of rotatable bonds is 9. The van der Waals surface area contributed by atoms with E-state index in [-0.39, 0.29) is 11.8 Å². The number of hydrogen-bond donors (Lipinski definition) is 2. The lowest BCUT2D eigenvalue weighted by Gasteiger charge is -2.10. The largest absolute Gasteiger partial charge is 0.497 e. The zero-order valence-electron chi connectivity index (χ0n) is 13.4. The van der Waals surface area contributed by atoms with Gasteiger partial charge in [0, 0.05) is 43.8 Å². The first-order valence-corrected chi connectivity index (χ1v) is 7.32. The second kappa shape index (κ2) is 9.65. The predicted octanol–water partition coefficient (Wildman–Crippen LogP) is 2.34. The highest BCUT2D eigenvalue weighted by Crippen LogP contribution is 2.25. The maximum absolute atomic E-state index is 11.9. The number of benzene rings is 1. The van der Waals surface area contributed by atoms with Gasteiger partial charge >= 0.3 is 0 Å². The van der Waals surface area contributed by atoms with Crippen LogP contribution in [0.1, 0.15) is 32.6 Å². The normalized spacial score (nSPS) is 9.95. The van der Waals surface area contributed by atoms with Crippen LogP contribution in [0, 0.1) is 0 Å². The highest BCUT2D eigenvalue weighted by atomic mass is 16.5. The molecule has 6 heteroatoms. The summed E-state index contributed by atoms with van der Waals surface area (Å²) in [4.78, 5) is 22.6. The fourth-order valence-corrected chi connectivity index (χ4v) is 1.95. The van der Waals surface area contributed by atoms with Crippen LogP contribution in [0.4, 0.5) is 5.69 Å². The Bertz CT molecular complexity index is 481. The first-order chi connectivity index (χ1) is 10.5. The Kier molecular flexibility index (Phi) is 7.81. The molecule has 0 radical (unpaired) electrons. The molecule has 2 N–H and O–H groups in total. The predicted molar refractivity (Wildman–Crippen MR) is 85.3 cm³/mol. The molecule has 0 aromatic heterocycles. The van der Waals surface area contributed by atoms with Crippen molar-refractivity contribution in [1.29, 1.82) is 0 Å². The number of ether oxygens (including phenoxy) is 2. The monoisotopic (exact) mass is 308 g/mol. The lowest BCUT2D eigenvalue weighted by atomic mass is 10.2. The highest BCUT2D eigenvalue weighted by Gasteiger charge is 2.06. The molecule has 2 amide bonds. The van der Waals surface area contributed by atoms with Crippen LogP contribution in [0.2, 0.25) is 0 Å². The number of methoxy groups -OCH3 is 2. The molecule has 6 nitrogen and oxygen atoms in total. The SMILES string of the molecule is COc1cc(NC(=O)CCCCCNC(C)=O)cc(OC)c1. The third kappa shape index (κ3) is 6.97. The van der Waals surface area contributed by atoms with Crippen LogP contribution >= 0.6 is 0 Å². The molecule has 1 rings (SSSR count). The smallest absolute Gasteiger partial charge is 0.224 e. The summed E-state index contributed by atoms with van der Waals surface area (Å²) in [5.41, 5.74) is 0.652. The van der Waals surface area contributed by atoms with E-state index < -0.39 is 0 Å². The molecule has 0 saturated heterocycles. The average Bonchev–Trinajstić information content (AvgIpc) is 2.49. The van der Waals surface area contributed by atoms with E-state index in [2.05, 4.69) is 10.6 Å². The summed E-state index contributed by atoms with van der Waals surface area (Å²) in [7, 11) is 3.13. The van der Waals surface area contributed by atoms with Gasteiger partial charge in [-0.25, -0.2) is 0 Å². The van der Waals surface area contributed by atoms with Gasteiger partial charge in [-0.2, -0.15) is 0 Å². The summed E-state index contributed by atoms with van der Waals surface area (Å²) >= 11 is 0. The van der Waals surface area contributed by atoms with Crippen molar-refractivity contribution in [1.82, 2.24) is 5.32 Å². The highest BCUT2D eigenvalue weighted by molar-refractivity contribution is 5.91. The Morgan fingerprint density at radius 3 is 2.18 bits per heavy atom. The number of amides is 2. The van der Waals surface area contributed by atoms with E-state index in [1.54, 1.807) is 32.4 Å². The van der Waals surface area contributed by atoms with Crippen molar-refractivity contribution < 1.29 is 19.1 Å². The Hall–Kier alpha value is -2.24. The molecular weight excluding hydrogens is 284 g/mol. The molecular formula is C16H24N2O4. The third-order valence-corrected chi connectivity index (χ3v) is 3.09. The van der Waals surface area contributed by atoms with Crippen LogP contribution in [0.5, 0.6) is 11.5 Å². The van der Waals surface area contributed by atoms with Crippen molar-refractivity contribution in [2.45, 2.75) is 32.6 Å². The summed E-state index contributed by atoms with van der Waals surface area (Å²) < 4.78 is 10.3. The second-order valence-electron chi connectivity index (χ2n) is 4.94. The molecule has 22 heavy (non-hydrogen) atoms. The summed E-state index contributed by atoms with van der Waals surface area (Å²) in [5.74, 6) is 1.19. The topological polar surface area (TPSA) is 76.7 Å². The molecule has 0 atom stereocenters. The third-order valence-electron chi connectivity index (χ3n) is 3.09. The van der Waals surface area contributed by atoms with Crippen LogP contribution in [0.25, 0.3) is 0 Å². The lowest BCUT2D eigenvalue weighted by molar-refractivity contribution is -0.119. The molecule has 0 spiro atoms. The van der Waals surface area contributed by atoms with Crippen LogP contribution in [0.15, 0.2) is 18.2 Å². The second-order valence-corrected chi connectivity index (χ2v) is 4.94. The van der Waals surface area contributed by atoms with Crippen LogP contribution in [-0.4, -0.2) is 32.6 Å². The fourth-order valence-electron chi connectivity index (χ4n) is 1.95. The molecule has 0 aliphatic heterocycles. The van der Waals surface area contributed by atoms with E-state index in [9.17, 15) is 9.59 Å². The van der Waals surface area contributed by atoms with Crippen molar-refractivity contribution in [3.05, 3.63) is 18.2 Å². The molecule has 0 aliphatic rings. The first kappa shape index (κ1) is 17.8. The van der Waals surface area contributed by atoms with Gasteiger partial charge in [-0.15, -0.1) is 0 Å². The fraction of sp³-hybridized carbons (Fsp3) is 0.500. The molecule has 0 saturated carbocycles. The number of carbonyl (C=O) groups is 2. The van der Waals surface area contributed by atoms with Crippen molar-refractivity contribution in [3.8, 4) is 11.5 Å². The minimum Gasteiger partial charge on any atom is -0.497 e. The molecule has 0 bridgehead atoms. The summed E-state index contributed by atoms with van der Waals surface area (Å²) in [5, 5.41) is 5.56. The molecule has 0 unspecified atom stereocenters. The van der Waals surface area contributed by atoms with Gasteiger partial charge in [0.1, 0.15) is 11.5 Å². The molecule has 0 heterocycles. The van der Waals surface area contributed by atoms with Gasteiger partial charge in [-0.1, -0.05) is 6.42 Å². The van der Waals surface area contributed by atoms with Crippen molar-refractivity contribution in [2.75, 3.05) is 26.1 Å². The number of unbranched alkanes of at least 4 members (excludes halogenated alkanes) is 2. The van der Waals surface area contributed by atoms with Crippen molar-refractivity contribution in [2.24, 2.45) is 0 Å². The summed E-state index contributed by atoms with van der Waals surface area (Å²) in [6, 6.07) is 5.24. The molecule has 0 fully saturated rings. The quantitative estimate of drug-likeness (QED) is 0.687. The van der Waals surface area contributed by atoms with Gasteiger partial charge in [0.05, 0.1) is 14.2 Å². The van der Waals surface area contributed by atoms with Crippen LogP contribution < -0.4 is 20.1 Å². The molecule has 0 aliphatic carbocycles. The number of hydrogen-bond acceptors (Lipinski definition) is 4. The zero-order valence-corrected chi connectivity index (χ0v) is 13.4. The van der Waals surface area contributed by atoms with Crippen molar-refractivity contribution in [3.63, 3.8) is 0 Å². The van der Waals surface area contributed by atoms with Gasteiger partial charge in [-0.05, 0) is 12.8 Å². The van der Waals surface area contributed by atoms with E-state index >= 15 is 0 Å². The summed E-state index contributed by atoms with van der Waals surface area (Å²) in [6.45, 7) is 2.15. The van der Waals surface area contributed by atoms with Crippen molar-refractivity contribution >= 4 is 17.5 Å². The van der Waals surface area contributed by atoms with Crippen LogP contribution in [-0.2, 0) is 9.59 Å². The van der Waals surface area contributed by atoms with E-state index in [1.807, 2.05) is 0 Å². The van der Waals surface area contributed by atoms with Gasteiger partial charge in [-0.3, -0.25) is 9.59 Å². The van der Waals surface area contributed by atoms with E-state index in [0.717, 1.165) is 19.3 Å². The minimum absolute atomic E-state index is 0.0234. The Balaban J connectivity index is 2.34. The Morgan fingerprint density at radius 1 is 1.00 bits per heavy atom. The Morgan fingerprint density at radius 2 is 1.64 bits per heavy atom. The molecule has 1 aromatic carbocycles. The van der Waals surface area contributed by atoms with Gasteiger partial charge in [0.2, 0.25) is 11.8 Å². The van der Waals surface area contributed by atoms with E-state index in [1.165, 1.54) is 6.92 Å². The maximum Gasteiger partial charge on any atom is 0.224 e. The van der Waals surface area contributed by atoms with Crippen LogP contribution in [0.3, 0.4) is 0 Å². The standard InChI is InChI=1S/C16H24N2O4/c1-12(19)17-8-6-4-5-7-16(20)18-13-9-14(21-2)11-15(10-13)22-3/h9-11H,4-8H2,1-3H3,(H,17,19)(H,18,20). The number of anilines is 1. The lowest BCUT2D eigenvalue weighted by Crippen LogP contribution is -2.20. The summed E-state index contributed by atoms with van der Waals surface area (Å²) in [6.07, 6.45) is 3.00. The maximum atomic E-state index is 11.9. The zero-order chi connectivity index (χ0) is 16.4. The molecule has 1 aromatic rings. The Labute approximate surface area is 131 Å². The minimum atomic E-state index is -0.0465. The first-order valence-electron chi connectivity index (χ1n) is 7.32. The molecule has 122 valence electrons. The van der Waals surface area contributed by atoms with E-state index in [4.69, 9.17) is 9.47 Å². The van der Waals surface area contributed by atoms with Gasteiger partial charge in [0.15, 0.2) is 0 Å². The van der Waals surface area contributed by atoms with Gasteiger partial charge < -0.3 is 20.1 Å². The van der Waals surface area contributed by atoms with E-state index in [0.29, 0.717) is 30.2 Å². The number of carbonyl (C=O) groups excluding carboxylic acids is 2. The van der Waals surface area contributed by atoms with Gasteiger partial charge in [0.25, 0.3) is 0 Å². The number of nitrogens with one attached hydrogen (secondary N) is 2.